The fourth-order valence-electron chi connectivity index (χ4n) is 2.26. The molecule has 0 radical (unpaired) electrons. The molecule has 2 heterocycles. The van der Waals surface area contributed by atoms with Crippen LogP contribution in [0.1, 0.15) is 30.3 Å². The van der Waals surface area contributed by atoms with Crippen LogP contribution in [0.2, 0.25) is 0 Å². The van der Waals surface area contributed by atoms with Crippen LogP contribution in [0, 0.1) is 10.1 Å². The number of rotatable bonds is 3. The number of aromatic nitrogens is 1. The maximum Gasteiger partial charge on any atom is 0.356 e. The van der Waals surface area contributed by atoms with Crippen LogP contribution < -0.4 is 4.90 Å². The zero-order chi connectivity index (χ0) is 14.0. The zero-order valence-electron chi connectivity index (χ0n) is 10.8. The molecular weight excluding hydrogens is 250 g/mol. The molecule has 0 aromatic carbocycles. The average molecular weight is 265 g/mol. The molecule has 0 spiro atoms. The minimum absolute atomic E-state index is 0.0820. The molecule has 0 N–H and O–H groups in total. The van der Waals surface area contributed by atoms with Gasteiger partial charge in [-0.15, -0.1) is 0 Å². The molecule has 19 heavy (non-hydrogen) atoms. The Balaban J connectivity index is 2.47. The number of pyridine rings is 1. The van der Waals surface area contributed by atoms with E-state index in [0.29, 0.717) is 6.54 Å². The molecule has 1 saturated heterocycles. The second kappa shape index (κ2) is 5.21. The Morgan fingerprint density at radius 2 is 2.32 bits per heavy atom. The molecule has 0 saturated carbocycles. The van der Waals surface area contributed by atoms with E-state index in [9.17, 15) is 14.9 Å². The largest absolute Gasteiger partial charge is 0.464 e. The summed E-state index contributed by atoms with van der Waals surface area (Å²) < 4.78 is 4.59. The van der Waals surface area contributed by atoms with E-state index in [2.05, 4.69) is 9.72 Å². The number of hydrogen-bond acceptors (Lipinski definition) is 6. The van der Waals surface area contributed by atoms with Crippen LogP contribution in [0.4, 0.5) is 11.5 Å². The van der Waals surface area contributed by atoms with Crippen LogP contribution in [0.25, 0.3) is 0 Å². The summed E-state index contributed by atoms with van der Waals surface area (Å²) >= 11 is 0. The lowest BCUT2D eigenvalue weighted by Gasteiger charge is -2.22. The summed E-state index contributed by atoms with van der Waals surface area (Å²) in [6.07, 6.45) is 1.92. The monoisotopic (exact) mass is 265 g/mol. The molecule has 0 bridgehead atoms. The second-order valence-electron chi connectivity index (χ2n) is 4.47. The van der Waals surface area contributed by atoms with Crippen molar-refractivity contribution in [3.63, 3.8) is 0 Å². The zero-order valence-corrected chi connectivity index (χ0v) is 10.8. The van der Waals surface area contributed by atoms with E-state index in [1.165, 1.54) is 19.2 Å². The maximum atomic E-state index is 11.5. The first-order valence-corrected chi connectivity index (χ1v) is 6.05. The van der Waals surface area contributed by atoms with Gasteiger partial charge in [-0.3, -0.25) is 10.1 Å². The number of nitrogens with zero attached hydrogens (tertiary/aromatic N) is 3. The van der Waals surface area contributed by atoms with Crippen molar-refractivity contribution in [2.75, 3.05) is 18.6 Å². The highest BCUT2D eigenvalue weighted by atomic mass is 16.6. The number of methoxy groups -OCH3 is 1. The van der Waals surface area contributed by atoms with Crippen molar-refractivity contribution < 1.29 is 14.5 Å². The summed E-state index contributed by atoms with van der Waals surface area (Å²) in [7, 11) is 1.25. The molecule has 1 aliphatic rings. The number of anilines is 1. The molecular formula is C12H15N3O4. The Labute approximate surface area is 110 Å². The van der Waals surface area contributed by atoms with Crippen LogP contribution in [-0.2, 0) is 4.74 Å². The van der Waals surface area contributed by atoms with Crippen LogP contribution in [0.5, 0.6) is 0 Å². The van der Waals surface area contributed by atoms with E-state index in [-0.39, 0.29) is 23.2 Å². The standard InChI is InChI=1S/C12H15N3O4/c1-8-4-3-7-14(8)11-10(15(17)18)6-5-9(13-11)12(16)19-2/h5-6,8H,3-4,7H2,1-2H3. The van der Waals surface area contributed by atoms with E-state index in [0.717, 1.165) is 12.8 Å². The topological polar surface area (TPSA) is 85.6 Å². The first kappa shape index (κ1) is 13.3. The summed E-state index contributed by atoms with van der Waals surface area (Å²) in [6, 6.07) is 2.80. The number of nitro groups is 1. The number of esters is 1. The van der Waals surface area contributed by atoms with Crippen LogP contribution in [0.15, 0.2) is 12.1 Å². The van der Waals surface area contributed by atoms with Gasteiger partial charge in [-0.1, -0.05) is 0 Å². The van der Waals surface area contributed by atoms with E-state index < -0.39 is 10.9 Å². The minimum Gasteiger partial charge on any atom is -0.464 e. The molecule has 0 aliphatic carbocycles. The highest BCUT2D eigenvalue weighted by Gasteiger charge is 2.29. The van der Waals surface area contributed by atoms with Gasteiger partial charge >= 0.3 is 11.7 Å². The van der Waals surface area contributed by atoms with Gasteiger partial charge in [0.15, 0.2) is 5.69 Å². The normalized spacial score (nSPS) is 18.4. The molecule has 1 aliphatic heterocycles. The Morgan fingerprint density at radius 3 is 2.84 bits per heavy atom. The Bertz CT molecular complexity index is 518. The van der Waals surface area contributed by atoms with Gasteiger partial charge in [0.2, 0.25) is 5.82 Å². The Morgan fingerprint density at radius 1 is 1.58 bits per heavy atom. The molecule has 1 aromatic rings. The molecule has 1 atom stereocenters. The van der Waals surface area contributed by atoms with Gasteiger partial charge in [0, 0.05) is 18.7 Å². The van der Waals surface area contributed by atoms with Crippen LogP contribution in [-0.4, -0.2) is 35.6 Å². The van der Waals surface area contributed by atoms with Crippen LogP contribution in [0.3, 0.4) is 0 Å². The fraction of sp³-hybridized carbons (Fsp3) is 0.500. The SMILES string of the molecule is COC(=O)c1ccc([N+](=O)[O-])c(N2CCCC2C)n1. The molecule has 0 amide bonds. The number of carbonyl (C=O) groups is 1. The van der Waals surface area contributed by atoms with E-state index in [1.54, 1.807) is 0 Å². The van der Waals surface area contributed by atoms with E-state index in [4.69, 9.17) is 0 Å². The summed E-state index contributed by atoms with van der Waals surface area (Å²) in [5, 5.41) is 11.1. The van der Waals surface area contributed by atoms with Gasteiger partial charge in [-0.05, 0) is 25.8 Å². The van der Waals surface area contributed by atoms with E-state index >= 15 is 0 Å². The minimum atomic E-state index is -0.594. The Hall–Kier alpha value is -2.18. The van der Waals surface area contributed by atoms with Crippen molar-refractivity contribution >= 4 is 17.5 Å². The van der Waals surface area contributed by atoms with E-state index in [1.807, 2.05) is 11.8 Å². The van der Waals surface area contributed by atoms with Crippen LogP contribution >= 0.6 is 0 Å². The lowest BCUT2D eigenvalue weighted by molar-refractivity contribution is -0.384. The van der Waals surface area contributed by atoms with Gasteiger partial charge in [0.25, 0.3) is 0 Å². The lowest BCUT2D eigenvalue weighted by atomic mass is 10.2. The van der Waals surface area contributed by atoms with Gasteiger partial charge in [-0.2, -0.15) is 0 Å². The first-order chi connectivity index (χ1) is 9.04. The molecule has 2 rings (SSSR count). The summed E-state index contributed by atoms with van der Waals surface area (Å²) in [6.45, 7) is 2.70. The fourth-order valence-corrected chi connectivity index (χ4v) is 2.26. The smallest absolute Gasteiger partial charge is 0.356 e. The molecule has 1 aromatic heterocycles. The third-order valence-electron chi connectivity index (χ3n) is 3.27. The number of ether oxygens (including phenoxy) is 1. The molecule has 7 nitrogen and oxygen atoms in total. The van der Waals surface area contributed by atoms with Crippen molar-refractivity contribution in [3.05, 3.63) is 27.9 Å². The van der Waals surface area contributed by atoms with Gasteiger partial charge in [-0.25, -0.2) is 9.78 Å². The maximum absolute atomic E-state index is 11.5. The molecule has 1 unspecified atom stereocenters. The predicted octanol–water partition coefficient (Wildman–Crippen LogP) is 1.77. The van der Waals surface area contributed by atoms with Crippen molar-refractivity contribution in [1.82, 2.24) is 4.98 Å². The average Bonchev–Trinajstić information content (AvgIpc) is 2.83. The van der Waals surface area contributed by atoms with Crippen molar-refractivity contribution in [2.45, 2.75) is 25.8 Å². The van der Waals surface area contributed by atoms with Gasteiger partial charge < -0.3 is 9.64 Å². The van der Waals surface area contributed by atoms with Crippen molar-refractivity contribution in [1.29, 1.82) is 0 Å². The summed E-state index contributed by atoms with van der Waals surface area (Å²) in [5.41, 5.74) is 0.00334. The number of hydrogen-bond donors (Lipinski definition) is 0. The van der Waals surface area contributed by atoms with Crippen molar-refractivity contribution in [3.8, 4) is 0 Å². The quantitative estimate of drug-likeness (QED) is 0.470. The second-order valence-corrected chi connectivity index (χ2v) is 4.47. The molecule has 102 valence electrons. The van der Waals surface area contributed by atoms with Gasteiger partial charge in [0.1, 0.15) is 0 Å². The summed E-state index contributed by atoms with van der Waals surface area (Å²) in [4.78, 5) is 28.0. The Kier molecular flexibility index (Phi) is 3.64. The molecule has 7 heteroatoms. The molecule has 1 fully saturated rings. The third-order valence-corrected chi connectivity index (χ3v) is 3.27. The summed E-state index contributed by atoms with van der Waals surface area (Å²) in [5.74, 6) is -0.346. The number of carbonyl (C=O) groups excluding carboxylic acids is 1. The predicted molar refractivity (Wildman–Crippen MR) is 68.3 cm³/mol. The highest BCUT2D eigenvalue weighted by molar-refractivity contribution is 5.88. The van der Waals surface area contributed by atoms with Crippen molar-refractivity contribution in [2.24, 2.45) is 0 Å². The highest BCUT2D eigenvalue weighted by Crippen LogP contribution is 2.31. The van der Waals surface area contributed by atoms with Gasteiger partial charge in [0.05, 0.1) is 12.0 Å². The third kappa shape index (κ3) is 2.49. The lowest BCUT2D eigenvalue weighted by Crippen LogP contribution is -2.28. The first-order valence-electron chi connectivity index (χ1n) is 6.05.